The SMILES string of the molecule is CN(Cc1cn(S(=O)(=O)c2cccc(OC(F)F)c2)c2cc(-c3cccnc3C(F)(F)F)ccc12)C(=O)O. The number of halogens is 5. The standard InChI is InChI=1S/C24H18F5N3O5S/c1-31(23(33)34)12-15-13-32(38(35,36)17-5-2-4-16(11-17)37-22(25)26)20-10-14(7-8-18(15)20)19-6-3-9-30-21(19)24(27,28)29/h2-11,13,22H,12H2,1H3,(H,33,34). The Morgan fingerprint density at radius 1 is 1.13 bits per heavy atom. The molecule has 0 atom stereocenters. The van der Waals surface area contributed by atoms with Crippen LogP contribution in [0.3, 0.4) is 0 Å². The molecular weight excluding hydrogens is 537 g/mol. The summed E-state index contributed by atoms with van der Waals surface area (Å²) in [4.78, 5) is 15.3. The molecule has 14 heteroatoms. The summed E-state index contributed by atoms with van der Waals surface area (Å²) >= 11 is 0. The van der Waals surface area contributed by atoms with E-state index in [2.05, 4.69) is 9.72 Å². The Balaban J connectivity index is 1.95. The highest BCUT2D eigenvalue weighted by Gasteiger charge is 2.35. The van der Waals surface area contributed by atoms with E-state index >= 15 is 0 Å². The van der Waals surface area contributed by atoms with E-state index in [0.717, 1.165) is 39.5 Å². The lowest BCUT2D eigenvalue weighted by Gasteiger charge is -2.13. The molecule has 0 unspecified atom stereocenters. The molecule has 2 aromatic carbocycles. The molecule has 0 saturated carbocycles. The van der Waals surface area contributed by atoms with E-state index in [4.69, 9.17) is 0 Å². The first kappa shape index (κ1) is 26.9. The highest BCUT2D eigenvalue weighted by Crippen LogP contribution is 2.37. The maximum Gasteiger partial charge on any atom is 0.433 e. The molecule has 4 aromatic rings. The van der Waals surface area contributed by atoms with Gasteiger partial charge in [0.05, 0.1) is 17.0 Å². The minimum absolute atomic E-state index is 0.000369. The molecular formula is C24H18F5N3O5S. The fraction of sp³-hybridized carbons (Fsp3) is 0.167. The molecule has 0 bridgehead atoms. The fourth-order valence-electron chi connectivity index (χ4n) is 3.87. The van der Waals surface area contributed by atoms with Crippen molar-refractivity contribution in [2.75, 3.05) is 7.05 Å². The molecule has 0 aliphatic carbocycles. The number of pyridine rings is 1. The van der Waals surface area contributed by atoms with Gasteiger partial charge in [0.1, 0.15) is 5.75 Å². The van der Waals surface area contributed by atoms with Crippen LogP contribution in [-0.4, -0.2) is 47.1 Å². The number of alkyl halides is 5. The van der Waals surface area contributed by atoms with Gasteiger partial charge in [0.15, 0.2) is 5.69 Å². The van der Waals surface area contributed by atoms with Gasteiger partial charge in [-0.1, -0.05) is 24.3 Å². The van der Waals surface area contributed by atoms with Crippen molar-refractivity contribution < 1.29 is 45.0 Å². The van der Waals surface area contributed by atoms with Gasteiger partial charge >= 0.3 is 18.9 Å². The lowest BCUT2D eigenvalue weighted by molar-refractivity contribution is -0.140. The van der Waals surface area contributed by atoms with Gasteiger partial charge in [0, 0.05) is 36.5 Å². The van der Waals surface area contributed by atoms with E-state index in [-0.39, 0.29) is 34.1 Å². The molecule has 4 rings (SSSR count). The highest BCUT2D eigenvalue weighted by atomic mass is 32.2. The van der Waals surface area contributed by atoms with Crippen LogP contribution in [0.4, 0.5) is 26.7 Å². The molecule has 0 aliphatic rings. The summed E-state index contributed by atoms with van der Waals surface area (Å²) in [6, 6.07) is 10.7. The summed E-state index contributed by atoms with van der Waals surface area (Å²) in [6.07, 6.45) is -3.98. The molecule has 0 radical (unpaired) electrons. The first-order valence-corrected chi connectivity index (χ1v) is 12.1. The largest absolute Gasteiger partial charge is 0.465 e. The Labute approximate surface area is 212 Å². The van der Waals surface area contributed by atoms with E-state index in [1.165, 1.54) is 43.4 Å². The number of amides is 1. The van der Waals surface area contributed by atoms with Gasteiger partial charge in [0.2, 0.25) is 0 Å². The Morgan fingerprint density at radius 2 is 1.87 bits per heavy atom. The highest BCUT2D eigenvalue weighted by molar-refractivity contribution is 7.90. The van der Waals surface area contributed by atoms with Gasteiger partial charge in [-0.05, 0) is 35.4 Å². The van der Waals surface area contributed by atoms with E-state index < -0.39 is 45.2 Å². The van der Waals surface area contributed by atoms with Crippen LogP contribution in [0.1, 0.15) is 11.3 Å². The van der Waals surface area contributed by atoms with Crippen molar-refractivity contribution in [1.29, 1.82) is 0 Å². The van der Waals surface area contributed by atoms with Crippen molar-refractivity contribution in [3.8, 4) is 16.9 Å². The molecule has 38 heavy (non-hydrogen) atoms. The second kappa shape index (κ2) is 9.93. The summed E-state index contributed by atoms with van der Waals surface area (Å²) in [5, 5.41) is 9.53. The Bertz CT molecular complexity index is 1620. The molecule has 8 nitrogen and oxygen atoms in total. The minimum atomic E-state index is -4.79. The van der Waals surface area contributed by atoms with Crippen LogP contribution in [0, 0.1) is 0 Å². The maximum absolute atomic E-state index is 13.6. The summed E-state index contributed by atoms with van der Waals surface area (Å²) in [6.45, 7) is -3.45. The number of nitrogens with zero attached hydrogens (tertiary/aromatic N) is 3. The van der Waals surface area contributed by atoms with Crippen molar-refractivity contribution in [3.05, 3.63) is 78.2 Å². The number of ether oxygens (including phenoxy) is 1. The number of hydrogen-bond donors (Lipinski definition) is 1. The summed E-state index contributed by atoms with van der Waals surface area (Å²) < 4.78 is 98.4. The van der Waals surface area contributed by atoms with Crippen molar-refractivity contribution in [2.45, 2.75) is 24.2 Å². The number of benzene rings is 2. The third-order valence-corrected chi connectivity index (χ3v) is 7.23. The number of carboxylic acid groups (broad SMARTS) is 1. The second-order valence-electron chi connectivity index (χ2n) is 8.08. The van der Waals surface area contributed by atoms with E-state index in [0.29, 0.717) is 0 Å². The predicted molar refractivity (Wildman–Crippen MR) is 125 cm³/mol. The molecule has 0 spiro atoms. The molecule has 1 N–H and O–H groups in total. The number of rotatable bonds is 7. The van der Waals surface area contributed by atoms with E-state index in [1.54, 1.807) is 0 Å². The van der Waals surface area contributed by atoms with Crippen LogP contribution in [0.25, 0.3) is 22.0 Å². The van der Waals surface area contributed by atoms with Crippen molar-refractivity contribution in [3.63, 3.8) is 0 Å². The smallest absolute Gasteiger partial charge is 0.433 e. The first-order valence-electron chi connectivity index (χ1n) is 10.7. The van der Waals surface area contributed by atoms with E-state index in [9.17, 15) is 40.3 Å². The first-order chi connectivity index (χ1) is 17.8. The fourth-order valence-corrected chi connectivity index (χ4v) is 5.29. The zero-order chi connectivity index (χ0) is 27.8. The molecule has 200 valence electrons. The average Bonchev–Trinajstić information content (AvgIpc) is 3.21. The van der Waals surface area contributed by atoms with Gasteiger partial charge in [-0.3, -0.25) is 4.98 Å². The third kappa shape index (κ3) is 5.25. The molecule has 2 aromatic heterocycles. The lowest BCUT2D eigenvalue weighted by Crippen LogP contribution is -2.23. The summed E-state index contributed by atoms with van der Waals surface area (Å²) in [5.41, 5.74) is -1.30. The molecule has 1 amide bonds. The molecule has 0 fully saturated rings. The number of carbonyl (C=O) groups is 1. The topological polar surface area (TPSA) is 102 Å². The van der Waals surface area contributed by atoms with Crippen LogP contribution < -0.4 is 4.74 Å². The predicted octanol–water partition coefficient (Wildman–Crippen LogP) is 5.67. The minimum Gasteiger partial charge on any atom is -0.465 e. The number of fused-ring (bicyclic) bond motifs is 1. The van der Waals surface area contributed by atoms with Crippen molar-refractivity contribution >= 4 is 27.0 Å². The van der Waals surface area contributed by atoms with Gasteiger partial charge in [-0.25, -0.2) is 17.2 Å². The van der Waals surface area contributed by atoms with E-state index in [1.807, 2.05) is 0 Å². The zero-order valence-corrected chi connectivity index (χ0v) is 20.2. The van der Waals surface area contributed by atoms with Crippen LogP contribution >= 0.6 is 0 Å². The van der Waals surface area contributed by atoms with Crippen molar-refractivity contribution in [1.82, 2.24) is 13.9 Å². The van der Waals surface area contributed by atoms with Crippen LogP contribution in [0.5, 0.6) is 5.75 Å². The summed E-state index contributed by atoms with van der Waals surface area (Å²) in [7, 11) is -3.25. The normalized spacial score (nSPS) is 12.2. The number of aromatic nitrogens is 2. The molecule has 0 aliphatic heterocycles. The average molecular weight is 555 g/mol. The van der Waals surface area contributed by atoms with Crippen LogP contribution in [-0.2, 0) is 22.7 Å². The Morgan fingerprint density at radius 3 is 2.53 bits per heavy atom. The Hall–Kier alpha value is -4.20. The maximum atomic E-state index is 13.6. The van der Waals surface area contributed by atoms with Crippen molar-refractivity contribution in [2.24, 2.45) is 0 Å². The third-order valence-electron chi connectivity index (χ3n) is 5.56. The van der Waals surface area contributed by atoms with Crippen LogP contribution in [0.2, 0.25) is 0 Å². The van der Waals surface area contributed by atoms with Gasteiger partial charge < -0.3 is 14.7 Å². The monoisotopic (exact) mass is 555 g/mol. The van der Waals surface area contributed by atoms with Crippen LogP contribution in [0.15, 0.2) is 71.9 Å². The number of hydrogen-bond acceptors (Lipinski definition) is 5. The van der Waals surface area contributed by atoms with Gasteiger partial charge in [-0.2, -0.15) is 22.0 Å². The van der Waals surface area contributed by atoms with Gasteiger partial charge in [0.25, 0.3) is 10.0 Å². The summed E-state index contributed by atoms with van der Waals surface area (Å²) in [5.74, 6) is -0.422. The molecule has 2 heterocycles. The Kier molecular flexibility index (Phi) is 7.02. The molecule has 0 saturated heterocycles. The second-order valence-corrected chi connectivity index (χ2v) is 9.89. The zero-order valence-electron chi connectivity index (χ0n) is 19.4. The lowest BCUT2D eigenvalue weighted by atomic mass is 10.0. The quantitative estimate of drug-likeness (QED) is 0.295. The van der Waals surface area contributed by atoms with Gasteiger partial charge in [-0.15, -0.1) is 0 Å².